The molecule has 0 radical (unpaired) electrons. The molecule has 0 spiro atoms. The number of carboxylic acids is 1. The average Bonchev–Trinajstić information content (AvgIpc) is 2.93. The maximum absolute atomic E-state index is 11.9. The van der Waals surface area contributed by atoms with E-state index in [4.69, 9.17) is 9.84 Å². The van der Waals surface area contributed by atoms with Crippen LogP contribution < -0.4 is 10.1 Å². The number of rotatable bonds is 11. The van der Waals surface area contributed by atoms with Crippen LogP contribution in [0.4, 0.5) is 0 Å². The van der Waals surface area contributed by atoms with Crippen LogP contribution in [0.2, 0.25) is 0 Å². The lowest BCUT2D eigenvalue weighted by Gasteiger charge is -2.03. The molecule has 0 bridgehead atoms. The van der Waals surface area contributed by atoms with Crippen molar-refractivity contribution in [1.29, 1.82) is 0 Å². The monoisotopic (exact) mass is 313 g/mol. The molecule has 1 amide bonds. The molecule has 0 atom stereocenters. The van der Waals surface area contributed by atoms with E-state index < -0.39 is 12.6 Å². The zero-order chi connectivity index (χ0) is 15.5. The first kappa shape index (κ1) is 17.5. The molecule has 0 aliphatic carbocycles. The normalized spacial score (nSPS) is 10.3. The van der Waals surface area contributed by atoms with E-state index in [1.807, 2.05) is 0 Å². The van der Waals surface area contributed by atoms with Gasteiger partial charge in [0.25, 0.3) is 5.91 Å². The maximum atomic E-state index is 11.9. The van der Waals surface area contributed by atoms with E-state index in [9.17, 15) is 9.59 Å². The van der Waals surface area contributed by atoms with Gasteiger partial charge in [-0.25, -0.2) is 4.79 Å². The molecule has 0 aromatic carbocycles. The molecule has 1 heterocycles. The lowest BCUT2D eigenvalue weighted by Crippen LogP contribution is -2.23. The lowest BCUT2D eigenvalue weighted by atomic mass is 10.1. The highest BCUT2D eigenvalue weighted by atomic mass is 32.1. The Morgan fingerprint density at radius 3 is 2.67 bits per heavy atom. The van der Waals surface area contributed by atoms with Gasteiger partial charge in [-0.2, -0.15) is 0 Å². The first-order valence-corrected chi connectivity index (χ1v) is 8.22. The number of aliphatic carboxylic acids is 1. The number of hydrogen-bond acceptors (Lipinski definition) is 4. The smallest absolute Gasteiger partial charge is 0.341 e. The van der Waals surface area contributed by atoms with E-state index in [1.165, 1.54) is 37.0 Å². The standard InChI is InChI=1S/C15H23NO4S/c1-2-3-4-5-6-7-8-16-15(19)13-9-12(11-21-13)20-10-14(17)18/h9,11H,2-8,10H2,1H3,(H,16,19)(H,17,18). The van der Waals surface area contributed by atoms with Gasteiger partial charge in [-0.15, -0.1) is 11.3 Å². The molecule has 5 nitrogen and oxygen atoms in total. The molecule has 0 saturated carbocycles. The first-order valence-electron chi connectivity index (χ1n) is 7.34. The van der Waals surface area contributed by atoms with Gasteiger partial charge in [-0.1, -0.05) is 39.0 Å². The molecule has 1 aromatic rings. The van der Waals surface area contributed by atoms with E-state index in [0.29, 0.717) is 17.2 Å². The molecular weight excluding hydrogens is 290 g/mol. The van der Waals surface area contributed by atoms with Gasteiger partial charge in [-0.05, 0) is 6.42 Å². The quantitative estimate of drug-likeness (QED) is 0.615. The van der Waals surface area contributed by atoms with Crippen LogP contribution in [-0.4, -0.2) is 30.1 Å². The van der Waals surface area contributed by atoms with E-state index in [-0.39, 0.29) is 5.91 Å². The van der Waals surface area contributed by atoms with Crippen molar-refractivity contribution in [3.63, 3.8) is 0 Å². The molecule has 118 valence electrons. The van der Waals surface area contributed by atoms with E-state index >= 15 is 0 Å². The van der Waals surface area contributed by atoms with Crippen LogP contribution in [0.15, 0.2) is 11.4 Å². The third-order valence-corrected chi connectivity index (χ3v) is 3.88. The van der Waals surface area contributed by atoms with Crippen molar-refractivity contribution in [3.05, 3.63) is 16.3 Å². The second-order valence-corrected chi connectivity index (χ2v) is 5.76. The van der Waals surface area contributed by atoms with Crippen molar-refractivity contribution in [2.24, 2.45) is 0 Å². The van der Waals surface area contributed by atoms with Crippen molar-refractivity contribution in [3.8, 4) is 5.75 Å². The molecule has 0 saturated heterocycles. The number of ether oxygens (including phenoxy) is 1. The van der Waals surface area contributed by atoms with Crippen LogP contribution in [0, 0.1) is 0 Å². The van der Waals surface area contributed by atoms with Gasteiger partial charge in [0.15, 0.2) is 6.61 Å². The summed E-state index contributed by atoms with van der Waals surface area (Å²) in [5.74, 6) is -0.735. The zero-order valence-electron chi connectivity index (χ0n) is 12.4. The van der Waals surface area contributed by atoms with Crippen LogP contribution >= 0.6 is 11.3 Å². The lowest BCUT2D eigenvalue weighted by molar-refractivity contribution is -0.139. The number of carbonyl (C=O) groups is 2. The van der Waals surface area contributed by atoms with E-state index in [2.05, 4.69) is 12.2 Å². The Labute approximate surface area is 129 Å². The van der Waals surface area contributed by atoms with Crippen molar-refractivity contribution in [2.45, 2.75) is 45.4 Å². The Morgan fingerprint density at radius 2 is 1.95 bits per heavy atom. The minimum absolute atomic E-state index is 0.126. The third-order valence-electron chi connectivity index (χ3n) is 2.98. The number of hydrogen-bond donors (Lipinski definition) is 2. The van der Waals surface area contributed by atoms with Crippen molar-refractivity contribution in [2.75, 3.05) is 13.2 Å². The van der Waals surface area contributed by atoms with Crippen LogP contribution in [0.25, 0.3) is 0 Å². The number of thiophene rings is 1. The summed E-state index contributed by atoms with van der Waals surface area (Å²) in [6, 6.07) is 1.57. The highest BCUT2D eigenvalue weighted by Gasteiger charge is 2.10. The molecule has 6 heteroatoms. The van der Waals surface area contributed by atoms with E-state index in [1.54, 1.807) is 11.4 Å². The maximum Gasteiger partial charge on any atom is 0.341 e. The van der Waals surface area contributed by atoms with Gasteiger partial charge in [0, 0.05) is 18.0 Å². The number of amides is 1. The minimum Gasteiger partial charge on any atom is -0.481 e. The molecule has 21 heavy (non-hydrogen) atoms. The summed E-state index contributed by atoms with van der Waals surface area (Å²) in [4.78, 5) is 22.8. The Hall–Kier alpha value is -1.56. The van der Waals surface area contributed by atoms with Crippen LogP contribution in [0.5, 0.6) is 5.75 Å². The number of nitrogens with one attached hydrogen (secondary N) is 1. The molecule has 0 aliphatic rings. The zero-order valence-corrected chi connectivity index (χ0v) is 13.2. The topological polar surface area (TPSA) is 75.6 Å². The van der Waals surface area contributed by atoms with Crippen LogP contribution in [0.1, 0.15) is 55.1 Å². The van der Waals surface area contributed by atoms with Crippen molar-refractivity contribution >= 4 is 23.2 Å². The molecular formula is C15H23NO4S. The van der Waals surface area contributed by atoms with Gasteiger partial charge in [0.05, 0.1) is 4.88 Å². The first-order chi connectivity index (χ1) is 10.1. The fraction of sp³-hybridized carbons (Fsp3) is 0.600. The fourth-order valence-corrected chi connectivity index (χ4v) is 2.60. The number of carboxylic acid groups (broad SMARTS) is 1. The predicted molar refractivity (Wildman–Crippen MR) is 83.2 cm³/mol. The van der Waals surface area contributed by atoms with E-state index in [0.717, 1.165) is 12.8 Å². The Morgan fingerprint density at radius 1 is 1.24 bits per heavy atom. The summed E-state index contributed by atoms with van der Waals surface area (Å²) < 4.78 is 5.01. The minimum atomic E-state index is -1.03. The molecule has 0 fully saturated rings. The predicted octanol–water partition coefficient (Wildman–Crippen LogP) is 3.30. The second-order valence-electron chi connectivity index (χ2n) is 4.85. The van der Waals surface area contributed by atoms with Crippen LogP contribution in [-0.2, 0) is 4.79 Å². The van der Waals surface area contributed by atoms with Crippen molar-refractivity contribution in [1.82, 2.24) is 5.32 Å². The number of unbranched alkanes of at least 4 members (excludes halogenated alkanes) is 5. The summed E-state index contributed by atoms with van der Waals surface area (Å²) in [6.07, 6.45) is 7.12. The largest absolute Gasteiger partial charge is 0.481 e. The SMILES string of the molecule is CCCCCCCCNC(=O)c1cc(OCC(=O)O)cs1. The van der Waals surface area contributed by atoms with Gasteiger partial charge in [-0.3, -0.25) is 4.79 Å². The summed E-state index contributed by atoms with van der Waals surface area (Å²) in [7, 11) is 0. The Bertz CT molecular complexity index is 445. The molecule has 0 unspecified atom stereocenters. The van der Waals surface area contributed by atoms with Gasteiger partial charge >= 0.3 is 5.97 Å². The molecule has 0 aliphatic heterocycles. The highest BCUT2D eigenvalue weighted by molar-refractivity contribution is 7.12. The van der Waals surface area contributed by atoms with Gasteiger partial charge in [0.1, 0.15) is 5.75 Å². The molecule has 1 aromatic heterocycles. The number of carbonyl (C=O) groups excluding carboxylic acids is 1. The fourth-order valence-electron chi connectivity index (χ4n) is 1.85. The van der Waals surface area contributed by atoms with Crippen LogP contribution in [0.3, 0.4) is 0 Å². The summed E-state index contributed by atoms with van der Waals surface area (Å²) in [5, 5.41) is 13.0. The summed E-state index contributed by atoms with van der Waals surface area (Å²) >= 11 is 1.25. The average molecular weight is 313 g/mol. The van der Waals surface area contributed by atoms with Crippen molar-refractivity contribution < 1.29 is 19.4 Å². The Balaban J connectivity index is 2.18. The van der Waals surface area contributed by atoms with Gasteiger partial charge < -0.3 is 15.2 Å². The molecule has 2 N–H and O–H groups in total. The highest BCUT2D eigenvalue weighted by Crippen LogP contribution is 2.21. The summed E-state index contributed by atoms with van der Waals surface area (Å²) in [6.45, 7) is 2.47. The summed E-state index contributed by atoms with van der Waals surface area (Å²) in [5.41, 5.74) is 0. The second kappa shape index (κ2) is 10.2. The van der Waals surface area contributed by atoms with Gasteiger partial charge in [0.2, 0.25) is 0 Å². The Kier molecular flexibility index (Phi) is 8.50. The third kappa shape index (κ3) is 7.70. The molecule has 1 rings (SSSR count).